The van der Waals surface area contributed by atoms with Gasteiger partial charge in [0.1, 0.15) is 0 Å². The first-order valence-corrected chi connectivity index (χ1v) is 6.93. The zero-order valence-corrected chi connectivity index (χ0v) is 11.4. The molecule has 1 fully saturated rings. The molecule has 2 rings (SSSR count). The Morgan fingerprint density at radius 1 is 1.42 bits per heavy atom. The number of aliphatic hydroxyl groups excluding tert-OH is 1. The molecule has 2 atom stereocenters. The molecule has 4 nitrogen and oxygen atoms in total. The lowest BCUT2D eigenvalue weighted by Crippen LogP contribution is -2.45. The predicted molar refractivity (Wildman–Crippen MR) is 76.1 cm³/mol. The van der Waals surface area contributed by atoms with Crippen molar-refractivity contribution in [3.63, 3.8) is 0 Å². The van der Waals surface area contributed by atoms with Gasteiger partial charge in [-0.1, -0.05) is 19.1 Å². The first-order valence-electron chi connectivity index (χ1n) is 6.93. The number of nitrogens with one attached hydrogen (secondary N) is 2. The van der Waals surface area contributed by atoms with Crippen LogP contribution in [0.2, 0.25) is 0 Å². The van der Waals surface area contributed by atoms with Crippen molar-refractivity contribution in [2.24, 2.45) is 5.92 Å². The van der Waals surface area contributed by atoms with Crippen molar-refractivity contribution in [3.8, 4) is 0 Å². The van der Waals surface area contributed by atoms with Gasteiger partial charge in [0.25, 0.3) is 0 Å². The van der Waals surface area contributed by atoms with Crippen LogP contribution < -0.4 is 10.6 Å². The van der Waals surface area contributed by atoms with Crippen LogP contribution in [-0.2, 0) is 11.2 Å². The average Bonchev–Trinajstić information content (AvgIpc) is 2.41. The molecule has 4 heteroatoms. The molecule has 1 amide bonds. The van der Waals surface area contributed by atoms with E-state index in [1.807, 2.05) is 24.3 Å². The highest BCUT2D eigenvalue weighted by Crippen LogP contribution is 2.17. The molecule has 0 aromatic heterocycles. The van der Waals surface area contributed by atoms with Gasteiger partial charge in [-0.15, -0.1) is 0 Å². The van der Waals surface area contributed by atoms with Gasteiger partial charge in [-0.2, -0.15) is 0 Å². The van der Waals surface area contributed by atoms with E-state index in [1.54, 1.807) is 0 Å². The van der Waals surface area contributed by atoms with Gasteiger partial charge in [0.05, 0.1) is 6.04 Å². The molecule has 3 N–H and O–H groups in total. The molecule has 0 bridgehead atoms. The maximum atomic E-state index is 12.1. The van der Waals surface area contributed by atoms with E-state index in [-0.39, 0.29) is 18.6 Å². The topological polar surface area (TPSA) is 61.4 Å². The fraction of sp³-hybridized carbons (Fsp3) is 0.533. The third kappa shape index (κ3) is 4.04. The number of carbonyl (C=O) groups is 1. The van der Waals surface area contributed by atoms with Crippen molar-refractivity contribution in [3.05, 3.63) is 29.8 Å². The van der Waals surface area contributed by atoms with E-state index in [0.29, 0.717) is 12.3 Å². The Labute approximate surface area is 114 Å². The molecule has 0 radical (unpaired) electrons. The summed E-state index contributed by atoms with van der Waals surface area (Å²) in [6.07, 6.45) is 2.68. The zero-order chi connectivity index (χ0) is 13.7. The Bertz CT molecular complexity index is 417. The van der Waals surface area contributed by atoms with E-state index in [9.17, 15) is 4.79 Å². The molecule has 19 heavy (non-hydrogen) atoms. The normalized spacial score (nSPS) is 23.1. The largest absolute Gasteiger partial charge is 0.396 e. The smallest absolute Gasteiger partial charge is 0.241 e. The van der Waals surface area contributed by atoms with E-state index >= 15 is 0 Å². The molecular formula is C15H22N2O2. The number of anilines is 1. The minimum atomic E-state index is -0.0825. The van der Waals surface area contributed by atoms with Crippen LogP contribution in [0.25, 0.3) is 0 Å². The van der Waals surface area contributed by atoms with E-state index in [0.717, 1.165) is 30.6 Å². The fourth-order valence-corrected chi connectivity index (χ4v) is 2.42. The highest BCUT2D eigenvalue weighted by atomic mass is 16.2. The summed E-state index contributed by atoms with van der Waals surface area (Å²) in [5.41, 5.74) is 1.89. The van der Waals surface area contributed by atoms with Gasteiger partial charge in [0.2, 0.25) is 5.91 Å². The van der Waals surface area contributed by atoms with E-state index in [2.05, 4.69) is 17.6 Å². The van der Waals surface area contributed by atoms with Crippen LogP contribution in [0.3, 0.4) is 0 Å². The summed E-state index contributed by atoms with van der Waals surface area (Å²) in [6, 6.07) is 7.55. The van der Waals surface area contributed by atoms with Crippen molar-refractivity contribution >= 4 is 11.6 Å². The Kier molecular flexibility index (Phi) is 4.93. The predicted octanol–water partition coefficient (Wildman–Crippen LogP) is 1.55. The number of aliphatic hydroxyl groups is 1. The molecule has 0 saturated carbocycles. The van der Waals surface area contributed by atoms with E-state index in [4.69, 9.17) is 5.11 Å². The number of benzene rings is 1. The van der Waals surface area contributed by atoms with Crippen molar-refractivity contribution in [1.29, 1.82) is 0 Å². The summed E-state index contributed by atoms with van der Waals surface area (Å²) < 4.78 is 0. The third-order valence-electron chi connectivity index (χ3n) is 3.60. The molecule has 1 aromatic rings. The summed E-state index contributed by atoms with van der Waals surface area (Å²) in [4.78, 5) is 12.1. The van der Waals surface area contributed by atoms with Crippen LogP contribution in [-0.4, -0.2) is 30.2 Å². The molecule has 1 aliphatic heterocycles. The average molecular weight is 262 g/mol. The van der Waals surface area contributed by atoms with Gasteiger partial charge in [0, 0.05) is 12.3 Å². The van der Waals surface area contributed by atoms with Crippen LogP contribution in [0, 0.1) is 5.92 Å². The second-order valence-corrected chi connectivity index (χ2v) is 5.30. The van der Waals surface area contributed by atoms with Gasteiger partial charge in [-0.05, 0) is 49.4 Å². The van der Waals surface area contributed by atoms with Gasteiger partial charge < -0.3 is 15.7 Å². The molecule has 1 heterocycles. The van der Waals surface area contributed by atoms with Crippen LogP contribution in [0.1, 0.15) is 25.3 Å². The number of rotatable bonds is 4. The van der Waals surface area contributed by atoms with Crippen LogP contribution in [0.4, 0.5) is 5.69 Å². The van der Waals surface area contributed by atoms with Crippen LogP contribution in [0.5, 0.6) is 0 Å². The van der Waals surface area contributed by atoms with Crippen LogP contribution >= 0.6 is 0 Å². The van der Waals surface area contributed by atoms with Crippen molar-refractivity contribution < 1.29 is 9.90 Å². The van der Waals surface area contributed by atoms with Crippen molar-refractivity contribution in [2.75, 3.05) is 18.5 Å². The van der Waals surface area contributed by atoms with Crippen molar-refractivity contribution in [1.82, 2.24) is 5.32 Å². The Hall–Kier alpha value is -1.39. The standard InChI is InChI=1S/C15H22N2O2/c1-11-6-8-16-14(10-11)15(19)17-13-4-2-12(3-5-13)7-9-18/h2-5,11,14,16,18H,6-10H2,1H3,(H,17,19). The Morgan fingerprint density at radius 2 is 2.16 bits per heavy atom. The molecule has 1 aliphatic rings. The molecule has 1 aromatic carbocycles. The third-order valence-corrected chi connectivity index (χ3v) is 3.60. The number of hydrogen-bond acceptors (Lipinski definition) is 3. The summed E-state index contributed by atoms with van der Waals surface area (Å²) >= 11 is 0. The molecule has 0 spiro atoms. The first-order chi connectivity index (χ1) is 9.19. The quantitative estimate of drug-likeness (QED) is 0.771. The molecule has 2 unspecified atom stereocenters. The monoisotopic (exact) mass is 262 g/mol. The highest BCUT2D eigenvalue weighted by Gasteiger charge is 2.24. The summed E-state index contributed by atoms with van der Waals surface area (Å²) in [6.45, 7) is 3.25. The summed E-state index contributed by atoms with van der Waals surface area (Å²) in [7, 11) is 0. The van der Waals surface area contributed by atoms with Gasteiger partial charge in [-0.25, -0.2) is 0 Å². The van der Waals surface area contributed by atoms with E-state index < -0.39 is 0 Å². The SMILES string of the molecule is CC1CCNC(C(=O)Nc2ccc(CCO)cc2)C1. The Morgan fingerprint density at radius 3 is 2.79 bits per heavy atom. The zero-order valence-electron chi connectivity index (χ0n) is 11.4. The second kappa shape index (κ2) is 6.68. The lowest BCUT2D eigenvalue weighted by atomic mass is 9.94. The van der Waals surface area contributed by atoms with Gasteiger partial charge in [0.15, 0.2) is 0 Å². The first kappa shape index (κ1) is 14.0. The second-order valence-electron chi connectivity index (χ2n) is 5.30. The molecule has 0 aliphatic carbocycles. The lowest BCUT2D eigenvalue weighted by Gasteiger charge is -2.27. The number of carbonyl (C=O) groups excluding carboxylic acids is 1. The molecule has 1 saturated heterocycles. The maximum Gasteiger partial charge on any atom is 0.241 e. The minimum Gasteiger partial charge on any atom is -0.396 e. The number of amides is 1. The molecule has 104 valence electrons. The van der Waals surface area contributed by atoms with E-state index in [1.165, 1.54) is 0 Å². The lowest BCUT2D eigenvalue weighted by molar-refractivity contribution is -0.119. The summed E-state index contributed by atoms with van der Waals surface area (Å²) in [5, 5.41) is 15.0. The maximum absolute atomic E-state index is 12.1. The number of piperidine rings is 1. The minimum absolute atomic E-state index is 0.0430. The van der Waals surface area contributed by atoms with Crippen LogP contribution in [0.15, 0.2) is 24.3 Å². The summed E-state index contributed by atoms with van der Waals surface area (Å²) in [5.74, 6) is 0.644. The highest BCUT2D eigenvalue weighted by molar-refractivity contribution is 5.94. The molecular weight excluding hydrogens is 240 g/mol. The Balaban J connectivity index is 1.90. The van der Waals surface area contributed by atoms with Crippen molar-refractivity contribution in [2.45, 2.75) is 32.2 Å². The fourth-order valence-electron chi connectivity index (χ4n) is 2.42. The van der Waals surface area contributed by atoms with Gasteiger partial charge in [-0.3, -0.25) is 4.79 Å². The van der Waals surface area contributed by atoms with Gasteiger partial charge >= 0.3 is 0 Å². The number of hydrogen-bond donors (Lipinski definition) is 3.